The zero-order valence-electron chi connectivity index (χ0n) is 49.0. The molecule has 0 bridgehead atoms. The second kappa shape index (κ2) is 62.6. The fourth-order valence-electron chi connectivity index (χ4n) is 8.60. The van der Waals surface area contributed by atoms with Crippen LogP contribution in [0.2, 0.25) is 0 Å². The van der Waals surface area contributed by atoms with Gasteiger partial charge in [0.25, 0.3) is 0 Å². The van der Waals surface area contributed by atoms with Crippen molar-refractivity contribution in [3.05, 3.63) is 109 Å². The predicted octanol–water partition coefficient (Wildman–Crippen LogP) is 21.4. The first-order chi connectivity index (χ1) is 37.0. The lowest BCUT2D eigenvalue weighted by atomic mass is 10.0. The third kappa shape index (κ3) is 60.8. The standard InChI is InChI=1S/C69H116O6/c1-4-7-10-13-16-19-22-25-28-30-31-32-33-34-35-36-37-39-41-44-47-50-53-56-59-62-68(71)74-65-66(64-73-67(70)61-58-55-52-49-46-43-40-27-24-21-18-15-12-9-6-3)75-69(72)63-60-57-54-51-48-45-42-38-29-26-23-20-17-14-11-8-5-2/h8-9,11-12,17-18,20-22,25-27,29-31,40,42,45,66H,4-7,10,13-16,19,23-24,28,32-39,41,43-44,46-65H2,1-3H3/b11-8-,12-9-,20-17-,21-18-,25-22-,29-26-,31-30-,40-27-,45-42-. The summed E-state index contributed by atoms with van der Waals surface area (Å²) in [5.41, 5.74) is 0. The van der Waals surface area contributed by atoms with E-state index in [1.54, 1.807) is 0 Å². The highest BCUT2D eigenvalue weighted by molar-refractivity contribution is 5.71. The minimum atomic E-state index is -0.801. The van der Waals surface area contributed by atoms with Gasteiger partial charge >= 0.3 is 17.9 Å². The molecule has 0 fully saturated rings. The van der Waals surface area contributed by atoms with Crippen LogP contribution in [0.5, 0.6) is 0 Å². The fourth-order valence-corrected chi connectivity index (χ4v) is 8.60. The quantitative estimate of drug-likeness (QED) is 0.0261. The molecule has 0 saturated heterocycles. The topological polar surface area (TPSA) is 78.9 Å². The van der Waals surface area contributed by atoms with Gasteiger partial charge < -0.3 is 14.2 Å². The molecule has 75 heavy (non-hydrogen) atoms. The molecule has 0 heterocycles. The molecule has 0 amide bonds. The Morgan fingerprint density at radius 1 is 0.280 bits per heavy atom. The van der Waals surface area contributed by atoms with Gasteiger partial charge in [-0.15, -0.1) is 0 Å². The maximum absolute atomic E-state index is 12.9. The Bertz CT molecular complexity index is 1520. The smallest absolute Gasteiger partial charge is 0.306 e. The molecule has 0 radical (unpaired) electrons. The zero-order valence-corrected chi connectivity index (χ0v) is 49.0. The summed E-state index contributed by atoms with van der Waals surface area (Å²) in [6.07, 6.45) is 85.2. The van der Waals surface area contributed by atoms with Crippen molar-refractivity contribution < 1.29 is 28.6 Å². The minimum Gasteiger partial charge on any atom is -0.462 e. The molecule has 1 unspecified atom stereocenters. The third-order valence-electron chi connectivity index (χ3n) is 13.2. The van der Waals surface area contributed by atoms with Crippen LogP contribution in [0.3, 0.4) is 0 Å². The highest BCUT2D eigenvalue weighted by Crippen LogP contribution is 2.16. The molecule has 0 N–H and O–H groups in total. The zero-order chi connectivity index (χ0) is 54.3. The highest BCUT2D eigenvalue weighted by atomic mass is 16.6. The summed E-state index contributed by atoms with van der Waals surface area (Å²) in [4.78, 5) is 38.3. The number of esters is 3. The van der Waals surface area contributed by atoms with Crippen molar-refractivity contribution in [1.29, 1.82) is 0 Å². The number of hydrogen-bond donors (Lipinski definition) is 0. The SMILES string of the molecule is CC/C=C\C/C=C\C/C=C\C/C=C\CCCCCCC(=O)OC(COC(=O)CCCCCCC/C=C\C/C=C\C/C=C\CC)COC(=O)CCCCCCCCCCCCCCC/C=C\C/C=C\CCCCCCC. The Balaban J connectivity index is 4.37. The van der Waals surface area contributed by atoms with Gasteiger partial charge in [-0.2, -0.15) is 0 Å². The van der Waals surface area contributed by atoms with Gasteiger partial charge in [0.05, 0.1) is 0 Å². The van der Waals surface area contributed by atoms with Crippen molar-refractivity contribution >= 4 is 17.9 Å². The lowest BCUT2D eigenvalue weighted by molar-refractivity contribution is -0.167. The molecule has 0 aromatic carbocycles. The molecule has 0 aromatic heterocycles. The van der Waals surface area contributed by atoms with Crippen LogP contribution in [0.15, 0.2) is 109 Å². The first kappa shape index (κ1) is 71.1. The van der Waals surface area contributed by atoms with Crippen molar-refractivity contribution in [2.24, 2.45) is 0 Å². The first-order valence-corrected chi connectivity index (χ1v) is 31.4. The second-order valence-electron chi connectivity index (χ2n) is 20.5. The normalized spacial score (nSPS) is 12.8. The second-order valence-corrected chi connectivity index (χ2v) is 20.5. The van der Waals surface area contributed by atoms with Gasteiger partial charge in [-0.1, -0.05) is 259 Å². The highest BCUT2D eigenvalue weighted by Gasteiger charge is 2.19. The van der Waals surface area contributed by atoms with E-state index in [4.69, 9.17) is 14.2 Å². The van der Waals surface area contributed by atoms with Crippen LogP contribution in [-0.4, -0.2) is 37.2 Å². The van der Waals surface area contributed by atoms with Crippen LogP contribution in [0.25, 0.3) is 0 Å². The van der Waals surface area contributed by atoms with E-state index in [9.17, 15) is 14.4 Å². The Hall–Kier alpha value is -3.93. The number of carbonyl (C=O) groups excluding carboxylic acids is 3. The average molecular weight is 1040 g/mol. The predicted molar refractivity (Wildman–Crippen MR) is 325 cm³/mol. The van der Waals surface area contributed by atoms with Crippen LogP contribution in [0.4, 0.5) is 0 Å². The van der Waals surface area contributed by atoms with E-state index < -0.39 is 6.10 Å². The lowest BCUT2D eigenvalue weighted by Gasteiger charge is -2.18. The Morgan fingerprint density at radius 2 is 0.520 bits per heavy atom. The van der Waals surface area contributed by atoms with Gasteiger partial charge in [-0.05, 0) is 122 Å². The molecule has 0 aliphatic rings. The summed E-state index contributed by atoms with van der Waals surface area (Å²) in [5.74, 6) is -0.932. The van der Waals surface area contributed by atoms with Crippen LogP contribution < -0.4 is 0 Å². The minimum absolute atomic E-state index is 0.0947. The van der Waals surface area contributed by atoms with Crippen LogP contribution in [-0.2, 0) is 28.6 Å². The largest absolute Gasteiger partial charge is 0.462 e. The van der Waals surface area contributed by atoms with E-state index in [1.807, 2.05) is 0 Å². The van der Waals surface area contributed by atoms with Gasteiger partial charge in [-0.3, -0.25) is 14.4 Å². The summed E-state index contributed by atoms with van der Waals surface area (Å²) in [6.45, 7) is 6.39. The van der Waals surface area contributed by atoms with Crippen molar-refractivity contribution in [1.82, 2.24) is 0 Å². The fraction of sp³-hybridized carbons (Fsp3) is 0.696. The van der Waals surface area contributed by atoms with Gasteiger partial charge in [0, 0.05) is 19.3 Å². The molecule has 0 aliphatic carbocycles. The molecule has 6 nitrogen and oxygen atoms in total. The van der Waals surface area contributed by atoms with E-state index in [2.05, 4.69) is 130 Å². The van der Waals surface area contributed by atoms with E-state index in [1.165, 1.54) is 109 Å². The maximum Gasteiger partial charge on any atom is 0.306 e. The molecule has 0 aromatic rings. The number of ether oxygens (including phenoxy) is 3. The number of allylic oxidation sites excluding steroid dienone is 18. The van der Waals surface area contributed by atoms with Crippen molar-refractivity contribution in [3.63, 3.8) is 0 Å². The number of carbonyl (C=O) groups is 3. The number of unbranched alkanes of at least 4 members (excludes halogenated alkanes) is 27. The van der Waals surface area contributed by atoms with Crippen molar-refractivity contribution in [2.45, 2.75) is 297 Å². The molecule has 0 spiro atoms. The molecular weight excluding hydrogens is 925 g/mol. The first-order valence-electron chi connectivity index (χ1n) is 31.4. The summed E-state index contributed by atoms with van der Waals surface area (Å²) in [7, 11) is 0. The van der Waals surface area contributed by atoms with Crippen LogP contribution in [0, 0.1) is 0 Å². The molecule has 6 heteroatoms. The Labute approximate surface area is 463 Å². The molecular formula is C69H116O6. The van der Waals surface area contributed by atoms with Gasteiger partial charge in [0.2, 0.25) is 0 Å². The maximum atomic E-state index is 12.9. The third-order valence-corrected chi connectivity index (χ3v) is 13.2. The number of rotatable bonds is 56. The van der Waals surface area contributed by atoms with E-state index in [0.717, 1.165) is 141 Å². The van der Waals surface area contributed by atoms with Crippen molar-refractivity contribution in [3.8, 4) is 0 Å². The van der Waals surface area contributed by atoms with Crippen LogP contribution in [0.1, 0.15) is 290 Å². The lowest BCUT2D eigenvalue weighted by Crippen LogP contribution is -2.30. The summed E-state index contributed by atoms with van der Waals surface area (Å²) < 4.78 is 16.9. The van der Waals surface area contributed by atoms with Crippen LogP contribution >= 0.6 is 0 Å². The number of hydrogen-bond acceptors (Lipinski definition) is 6. The summed E-state index contributed by atoms with van der Waals surface area (Å²) in [6, 6.07) is 0. The molecule has 1 atom stereocenters. The molecule has 0 aliphatic heterocycles. The Kier molecular flexibility index (Phi) is 59.3. The van der Waals surface area contributed by atoms with Gasteiger partial charge in [0.15, 0.2) is 6.10 Å². The van der Waals surface area contributed by atoms with Gasteiger partial charge in [0.1, 0.15) is 13.2 Å². The van der Waals surface area contributed by atoms with Gasteiger partial charge in [-0.25, -0.2) is 0 Å². The van der Waals surface area contributed by atoms with Crippen molar-refractivity contribution in [2.75, 3.05) is 13.2 Å². The molecule has 0 rings (SSSR count). The van der Waals surface area contributed by atoms with E-state index >= 15 is 0 Å². The Morgan fingerprint density at radius 3 is 0.813 bits per heavy atom. The average Bonchev–Trinajstić information content (AvgIpc) is 3.41. The molecule has 0 saturated carbocycles. The summed E-state index contributed by atoms with van der Waals surface area (Å²) >= 11 is 0. The van der Waals surface area contributed by atoms with E-state index in [-0.39, 0.29) is 31.1 Å². The molecule has 428 valence electrons. The van der Waals surface area contributed by atoms with E-state index in [0.29, 0.717) is 19.3 Å². The monoisotopic (exact) mass is 1040 g/mol. The summed E-state index contributed by atoms with van der Waals surface area (Å²) in [5, 5.41) is 0.